The zero-order valence-electron chi connectivity index (χ0n) is 25.3. The number of unbranched alkanes of at least 4 members (excludes halogenated alkanes) is 2. The van der Waals surface area contributed by atoms with E-state index in [-0.39, 0.29) is 44.2 Å². The first kappa shape index (κ1) is 35.0. The molecule has 1 unspecified atom stereocenters. The van der Waals surface area contributed by atoms with Gasteiger partial charge < -0.3 is 25.4 Å². The number of hydrogen-bond acceptors (Lipinski definition) is 8. The number of benzene rings is 3. The number of carbonyl (C=O) groups is 3. The van der Waals surface area contributed by atoms with Gasteiger partial charge >= 0.3 is 12.0 Å². The summed E-state index contributed by atoms with van der Waals surface area (Å²) < 4.78 is 5.65. The highest BCUT2D eigenvalue weighted by Gasteiger charge is 2.25. The predicted molar refractivity (Wildman–Crippen MR) is 166 cm³/mol. The summed E-state index contributed by atoms with van der Waals surface area (Å²) in [5, 5.41) is 32.5. The van der Waals surface area contributed by atoms with Gasteiger partial charge in [0, 0.05) is 26.1 Å². The fourth-order valence-corrected chi connectivity index (χ4v) is 4.55. The molecule has 12 heteroatoms. The van der Waals surface area contributed by atoms with Crippen LogP contribution in [-0.4, -0.2) is 70.3 Å². The third kappa shape index (κ3) is 12.2. The molecule has 242 valence electrons. The van der Waals surface area contributed by atoms with Crippen LogP contribution >= 0.6 is 0 Å². The molecule has 3 rings (SSSR count). The number of rotatable bonds is 19. The van der Waals surface area contributed by atoms with Gasteiger partial charge in [-0.25, -0.2) is 19.4 Å². The minimum Gasteiger partial charge on any atom is -0.485 e. The van der Waals surface area contributed by atoms with Crippen LogP contribution in [0, 0.1) is 0 Å². The second kappa shape index (κ2) is 19.0. The van der Waals surface area contributed by atoms with Gasteiger partial charge in [-0.1, -0.05) is 74.4 Å². The van der Waals surface area contributed by atoms with Crippen molar-refractivity contribution in [3.05, 3.63) is 101 Å². The normalized spacial score (nSPS) is 11.6. The Morgan fingerprint density at radius 2 is 1.40 bits per heavy atom. The Labute approximate surface area is 262 Å². The maximum Gasteiger partial charge on any atom is 0.335 e. The van der Waals surface area contributed by atoms with Gasteiger partial charge in [-0.3, -0.25) is 15.3 Å². The molecule has 0 bridgehead atoms. The minimum absolute atomic E-state index is 0.146. The molecule has 3 amide bonds. The van der Waals surface area contributed by atoms with Gasteiger partial charge in [0.05, 0.1) is 5.56 Å². The molecule has 3 aromatic rings. The Kier molecular flexibility index (Phi) is 14.8. The average molecular weight is 624 g/mol. The quantitative estimate of drug-likeness (QED) is 0.0720. The number of nitrogens with one attached hydrogen (secondary N) is 2. The highest BCUT2D eigenvalue weighted by atomic mass is 17.1. The Hall–Kier alpha value is -4.49. The lowest BCUT2D eigenvalue weighted by molar-refractivity contribution is -0.286. The molecule has 5 N–H and O–H groups in total. The van der Waals surface area contributed by atoms with Gasteiger partial charge in [-0.05, 0) is 47.4 Å². The minimum atomic E-state index is -1.04. The second-order valence-corrected chi connectivity index (χ2v) is 10.5. The van der Waals surface area contributed by atoms with E-state index in [1.807, 2.05) is 30.3 Å². The van der Waals surface area contributed by atoms with Crippen molar-refractivity contribution in [2.45, 2.75) is 57.8 Å². The lowest BCUT2D eigenvalue weighted by atomic mass is 10.0. The third-order valence-corrected chi connectivity index (χ3v) is 6.96. The highest BCUT2D eigenvalue weighted by molar-refractivity contribution is 5.88. The Morgan fingerprint density at radius 1 is 0.800 bits per heavy atom. The van der Waals surface area contributed by atoms with Crippen molar-refractivity contribution in [2.75, 3.05) is 19.8 Å². The second-order valence-electron chi connectivity index (χ2n) is 10.5. The topological polar surface area (TPSA) is 167 Å². The van der Waals surface area contributed by atoms with E-state index in [0.29, 0.717) is 12.3 Å². The molecule has 3 aromatic carbocycles. The van der Waals surface area contributed by atoms with Crippen LogP contribution in [0.2, 0.25) is 0 Å². The number of carbonyl (C=O) groups excluding carboxylic acids is 2. The van der Waals surface area contributed by atoms with Crippen LogP contribution in [0.4, 0.5) is 4.79 Å². The Bertz CT molecular complexity index is 1320. The molecule has 0 aliphatic carbocycles. The first-order chi connectivity index (χ1) is 21.8. The molecule has 0 heterocycles. The van der Waals surface area contributed by atoms with Crippen LogP contribution in [-0.2, 0) is 34.1 Å². The lowest BCUT2D eigenvalue weighted by Crippen LogP contribution is -2.52. The zero-order valence-corrected chi connectivity index (χ0v) is 25.3. The zero-order chi connectivity index (χ0) is 32.4. The maximum atomic E-state index is 13.8. The maximum absolute atomic E-state index is 13.8. The third-order valence-electron chi connectivity index (χ3n) is 6.96. The van der Waals surface area contributed by atoms with E-state index in [0.717, 1.165) is 36.0 Å². The summed E-state index contributed by atoms with van der Waals surface area (Å²) in [4.78, 5) is 48.2. The molecular formula is C33H41N3O9. The van der Waals surface area contributed by atoms with Crippen LogP contribution < -0.4 is 15.4 Å². The van der Waals surface area contributed by atoms with E-state index in [9.17, 15) is 19.5 Å². The van der Waals surface area contributed by atoms with E-state index in [1.54, 1.807) is 41.3 Å². The Morgan fingerprint density at radius 3 is 1.98 bits per heavy atom. The summed E-state index contributed by atoms with van der Waals surface area (Å²) in [6.07, 6.45) is 2.22. The van der Waals surface area contributed by atoms with Crippen LogP contribution in [0.25, 0.3) is 0 Å². The van der Waals surface area contributed by atoms with Crippen molar-refractivity contribution < 1.29 is 44.5 Å². The van der Waals surface area contributed by atoms with Gasteiger partial charge in [-0.2, -0.15) is 0 Å². The average Bonchev–Trinajstić information content (AvgIpc) is 3.04. The fourth-order valence-electron chi connectivity index (χ4n) is 4.55. The van der Waals surface area contributed by atoms with Crippen LogP contribution in [0.15, 0.2) is 78.9 Å². The summed E-state index contributed by atoms with van der Waals surface area (Å²) in [6, 6.07) is 21.2. The van der Waals surface area contributed by atoms with Crippen LogP contribution in [0.3, 0.4) is 0 Å². The number of carboxylic acids is 1. The van der Waals surface area contributed by atoms with Crippen LogP contribution in [0.1, 0.15) is 53.2 Å². The standard InChI is InChI=1S/C33H41N3O9/c1-2-3-7-18-34-31(37)30(19-24-12-16-28(17-13-24)45-29(22-43-41)23-44-42)35-33(40)36(20-25-8-5-4-6-9-25)21-26-10-14-27(15-11-26)32(38)39/h4-6,8-17,29-30,41-42H,2-3,7,18-23H2,1H3,(H,34,37)(H,35,40)(H,38,39). The summed E-state index contributed by atoms with van der Waals surface area (Å²) >= 11 is 0. The first-order valence-electron chi connectivity index (χ1n) is 14.8. The lowest BCUT2D eigenvalue weighted by Gasteiger charge is -2.27. The van der Waals surface area contributed by atoms with E-state index in [1.165, 1.54) is 12.1 Å². The van der Waals surface area contributed by atoms with Gasteiger partial charge in [0.2, 0.25) is 5.91 Å². The monoisotopic (exact) mass is 623 g/mol. The molecule has 0 radical (unpaired) electrons. The molecule has 0 spiro atoms. The smallest absolute Gasteiger partial charge is 0.335 e. The molecule has 0 aromatic heterocycles. The number of nitrogens with zero attached hydrogens (tertiary/aromatic N) is 1. The molecule has 12 nitrogen and oxygen atoms in total. The number of carboxylic acid groups (broad SMARTS) is 1. The predicted octanol–water partition coefficient (Wildman–Crippen LogP) is 4.74. The van der Waals surface area contributed by atoms with E-state index in [2.05, 4.69) is 27.3 Å². The largest absolute Gasteiger partial charge is 0.485 e. The summed E-state index contributed by atoms with van der Waals surface area (Å²) in [5.74, 6) is -0.929. The number of amides is 3. The van der Waals surface area contributed by atoms with Crippen molar-refractivity contribution in [3.8, 4) is 5.75 Å². The summed E-state index contributed by atoms with van der Waals surface area (Å²) in [5.41, 5.74) is 2.53. The van der Waals surface area contributed by atoms with Crippen molar-refractivity contribution in [2.24, 2.45) is 0 Å². The highest BCUT2D eigenvalue weighted by Crippen LogP contribution is 2.17. The van der Waals surface area contributed by atoms with Gasteiger partial charge in [0.15, 0.2) is 6.10 Å². The number of aromatic carboxylic acids is 1. The molecule has 0 aliphatic heterocycles. The fraction of sp³-hybridized carbons (Fsp3) is 0.364. The molecular weight excluding hydrogens is 582 g/mol. The van der Waals surface area contributed by atoms with Gasteiger partial charge in [0.25, 0.3) is 0 Å². The molecule has 1 atom stereocenters. The van der Waals surface area contributed by atoms with E-state index >= 15 is 0 Å². The van der Waals surface area contributed by atoms with Crippen molar-refractivity contribution in [1.82, 2.24) is 15.5 Å². The summed E-state index contributed by atoms with van der Waals surface area (Å²) in [6.45, 7) is 2.56. The number of urea groups is 1. The van der Waals surface area contributed by atoms with Gasteiger partial charge in [-0.15, -0.1) is 0 Å². The SMILES string of the molecule is CCCCCNC(=O)C(Cc1ccc(OC(COO)COO)cc1)NC(=O)N(Cc1ccccc1)Cc1ccc(C(=O)O)cc1. The molecule has 45 heavy (non-hydrogen) atoms. The Balaban J connectivity index is 1.79. The van der Waals surface area contributed by atoms with Gasteiger partial charge in [0.1, 0.15) is 25.0 Å². The number of hydrogen-bond donors (Lipinski definition) is 5. The molecule has 0 saturated carbocycles. The number of ether oxygens (including phenoxy) is 1. The molecule has 0 fully saturated rings. The molecule has 0 saturated heterocycles. The summed E-state index contributed by atoms with van der Waals surface area (Å²) in [7, 11) is 0. The van der Waals surface area contributed by atoms with E-state index < -0.39 is 24.1 Å². The van der Waals surface area contributed by atoms with E-state index in [4.69, 9.17) is 15.3 Å². The molecule has 0 aliphatic rings. The van der Waals surface area contributed by atoms with Crippen molar-refractivity contribution in [3.63, 3.8) is 0 Å². The van der Waals surface area contributed by atoms with Crippen molar-refractivity contribution >= 4 is 17.9 Å². The van der Waals surface area contributed by atoms with Crippen LogP contribution in [0.5, 0.6) is 5.75 Å². The first-order valence-corrected chi connectivity index (χ1v) is 14.8. The van der Waals surface area contributed by atoms with Crippen molar-refractivity contribution in [1.29, 1.82) is 0 Å².